The quantitative estimate of drug-likeness (QED) is 0.325. The molecular weight excluding hydrogens is 438 g/mol. The summed E-state index contributed by atoms with van der Waals surface area (Å²) in [5.41, 5.74) is 5.21. The molecule has 0 spiro atoms. The normalized spacial score (nSPS) is 10.3. The van der Waals surface area contributed by atoms with Gasteiger partial charge >= 0.3 is 0 Å². The predicted octanol–water partition coefficient (Wildman–Crippen LogP) is 6.06. The molecule has 3 amide bonds. The van der Waals surface area contributed by atoms with Crippen molar-refractivity contribution in [3.05, 3.63) is 125 Å². The fourth-order valence-corrected chi connectivity index (χ4v) is 3.54. The summed E-state index contributed by atoms with van der Waals surface area (Å²) < 4.78 is 0. The van der Waals surface area contributed by atoms with Crippen molar-refractivity contribution in [1.29, 1.82) is 0 Å². The van der Waals surface area contributed by atoms with Gasteiger partial charge in [-0.15, -0.1) is 0 Å². The van der Waals surface area contributed by atoms with Crippen molar-refractivity contribution in [3.63, 3.8) is 0 Å². The molecule has 0 aliphatic carbocycles. The molecule has 0 saturated heterocycles. The van der Waals surface area contributed by atoms with E-state index in [9.17, 15) is 14.4 Å². The van der Waals surface area contributed by atoms with E-state index in [4.69, 9.17) is 0 Å². The van der Waals surface area contributed by atoms with Crippen molar-refractivity contribution in [2.24, 2.45) is 0 Å². The van der Waals surface area contributed by atoms with Gasteiger partial charge in [0.05, 0.1) is 0 Å². The first-order chi connectivity index (χ1) is 16.9. The van der Waals surface area contributed by atoms with Gasteiger partial charge in [-0.1, -0.05) is 42.0 Å². The topological polar surface area (TPSA) is 87.3 Å². The number of carbonyl (C=O) groups is 3. The minimum absolute atomic E-state index is 0.228. The van der Waals surface area contributed by atoms with Crippen molar-refractivity contribution in [1.82, 2.24) is 0 Å². The average Bonchev–Trinajstić information content (AvgIpc) is 2.86. The zero-order chi connectivity index (χ0) is 24.8. The van der Waals surface area contributed by atoms with Gasteiger partial charge in [-0.2, -0.15) is 0 Å². The van der Waals surface area contributed by atoms with Gasteiger partial charge < -0.3 is 16.0 Å². The molecule has 0 saturated carbocycles. The number of benzene rings is 4. The SMILES string of the molecule is Cc1cccc(C(=O)Nc2cccc(C(=O)Nc3ccc(C(=O)Nc4ccccc4C)cc3)c2)c1. The molecule has 6 nitrogen and oxygen atoms in total. The van der Waals surface area contributed by atoms with Gasteiger partial charge in [0.25, 0.3) is 17.7 Å². The fourth-order valence-electron chi connectivity index (χ4n) is 3.54. The minimum atomic E-state index is -0.325. The molecule has 4 aromatic rings. The number of rotatable bonds is 6. The van der Waals surface area contributed by atoms with Crippen molar-refractivity contribution >= 4 is 34.8 Å². The Morgan fingerprint density at radius 1 is 0.514 bits per heavy atom. The number of carbonyl (C=O) groups excluding carboxylic acids is 3. The van der Waals surface area contributed by atoms with E-state index < -0.39 is 0 Å². The lowest BCUT2D eigenvalue weighted by molar-refractivity contribution is 0.101. The number of anilines is 3. The summed E-state index contributed by atoms with van der Waals surface area (Å²) in [7, 11) is 0. The van der Waals surface area contributed by atoms with Crippen LogP contribution in [0.2, 0.25) is 0 Å². The number of aryl methyl sites for hydroxylation is 2. The molecule has 6 heteroatoms. The summed E-state index contributed by atoms with van der Waals surface area (Å²) in [5.74, 6) is -0.797. The highest BCUT2D eigenvalue weighted by Crippen LogP contribution is 2.18. The zero-order valence-electron chi connectivity index (χ0n) is 19.5. The Labute approximate surface area is 204 Å². The number of para-hydroxylation sites is 1. The molecule has 0 aliphatic rings. The Balaban J connectivity index is 1.39. The maximum Gasteiger partial charge on any atom is 0.255 e. The fraction of sp³-hybridized carbons (Fsp3) is 0.0690. The molecule has 0 fully saturated rings. The van der Waals surface area contributed by atoms with E-state index in [0.717, 1.165) is 16.8 Å². The highest BCUT2D eigenvalue weighted by Gasteiger charge is 2.11. The van der Waals surface area contributed by atoms with Crippen molar-refractivity contribution in [3.8, 4) is 0 Å². The van der Waals surface area contributed by atoms with Crippen molar-refractivity contribution < 1.29 is 14.4 Å². The van der Waals surface area contributed by atoms with Crippen LogP contribution in [0.1, 0.15) is 42.2 Å². The van der Waals surface area contributed by atoms with Crippen molar-refractivity contribution in [2.75, 3.05) is 16.0 Å². The molecule has 0 radical (unpaired) electrons. The zero-order valence-corrected chi connectivity index (χ0v) is 19.5. The molecule has 0 aromatic heterocycles. The number of nitrogens with one attached hydrogen (secondary N) is 3. The van der Waals surface area contributed by atoms with E-state index >= 15 is 0 Å². The van der Waals surface area contributed by atoms with Crippen LogP contribution in [-0.4, -0.2) is 17.7 Å². The lowest BCUT2D eigenvalue weighted by atomic mass is 10.1. The smallest absolute Gasteiger partial charge is 0.255 e. The van der Waals surface area contributed by atoms with Gasteiger partial charge in [0.1, 0.15) is 0 Å². The summed E-state index contributed by atoms with van der Waals surface area (Å²) in [6.07, 6.45) is 0. The summed E-state index contributed by atoms with van der Waals surface area (Å²) in [4.78, 5) is 37.8. The first-order valence-corrected chi connectivity index (χ1v) is 11.2. The molecule has 0 aliphatic heterocycles. The first-order valence-electron chi connectivity index (χ1n) is 11.2. The van der Waals surface area contributed by atoms with E-state index in [-0.39, 0.29) is 17.7 Å². The Hall–Kier alpha value is -4.71. The van der Waals surface area contributed by atoms with Crippen LogP contribution in [-0.2, 0) is 0 Å². The Kier molecular flexibility index (Phi) is 7.02. The second-order valence-corrected chi connectivity index (χ2v) is 8.20. The predicted molar refractivity (Wildman–Crippen MR) is 139 cm³/mol. The molecular formula is C29H25N3O3. The van der Waals surface area contributed by atoms with Crippen LogP contribution < -0.4 is 16.0 Å². The second kappa shape index (κ2) is 10.5. The number of hydrogen-bond acceptors (Lipinski definition) is 3. The molecule has 3 N–H and O–H groups in total. The van der Waals surface area contributed by atoms with Gasteiger partial charge in [-0.05, 0) is 80.1 Å². The van der Waals surface area contributed by atoms with Gasteiger partial charge in [0.2, 0.25) is 0 Å². The van der Waals surface area contributed by atoms with Crippen LogP contribution in [0.5, 0.6) is 0 Å². The Morgan fingerprint density at radius 3 is 1.80 bits per heavy atom. The molecule has 0 atom stereocenters. The molecule has 35 heavy (non-hydrogen) atoms. The first kappa shape index (κ1) is 23.4. The van der Waals surface area contributed by atoms with Crippen molar-refractivity contribution in [2.45, 2.75) is 13.8 Å². The third kappa shape index (κ3) is 6.00. The van der Waals surface area contributed by atoms with Crippen LogP contribution in [0.25, 0.3) is 0 Å². The standard InChI is InChI=1S/C29H25N3O3/c1-19-7-5-9-22(17-19)28(34)31-25-11-6-10-23(18-25)29(35)30-24-15-13-21(14-16-24)27(33)32-26-12-4-3-8-20(26)2/h3-18H,1-2H3,(H,30,35)(H,31,34)(H,32,33). The summed E-state index contributed by atoms with van der Waals surface area (Å²) in [6, 6.07) is 28.2. The third-order valence-electron chi connectivity index (χ3n) is 5.46. The van der Waals surface area contributed by atoms with Crippen LogP contribution in [0.4, 0.5) is 17.1 Å². The van der Waals surface area contributed by atoms with Crippen LogP contribution >= 0.6 is 0 Å². The Bertz CT molecular complexity index is 1390. The molecule has 174 valence electrons. The maximum atomic E-state index is 12.8. The van der Waals surface area contributed by atoms with E-state index in [0.29, 0.717) is 28.1 Å². The Morgan fingerprint density at radius 2 is 1.11 bits per heavy atom. The van der Waals surface area contributed by atoms with E-state index in [1.807, 2.05) is 50.2 Å². The third-order valence-corrected chi connectivity index (χ3v) is 5.46. The van der Waals surface area contributed by atoms with Crippen LogP contribution in [0, 0.1) is 13.8 Å². The molecule has 4 rings (SSSR count). The summed E-state index contributed by atoms with van der Waals surface area (Å²) >= 11 is 0. The van der Waals surface area contributed by atoms with E-state index in [1.54, 1.807) is 60.7 Å². The summed E-state index contributed by atoms with van der Waals surface area (Å²) in [5, 5.41) is 8.53. The maximum absolute atomic E-state index is 12.8. The minimum Gasteiger partial charge on any atom is -0.322 e. The molecule has 0 unspecified atom stereocenters. The second-order valence-electron chi connectivity index (χ2n) is 8.20. The van der Waals surface area contributed by atoms with Gasteiger partial charge in [0.15, 0.2) is 0 Å². The van der Waals surface area contributed by atoms with Crippen LogP contribution in [0.3, 0.4) is 0 Å². The number of hydrogen-bond donors (Lipinski definition) is 3. The molecule has 0 heterocycles. The highest BCUT2D eigenvalue weighted by atomic mass is 16.2. The lowest BCUT2D eigenvalue weighted by Gasteiger charge is -2.10. The van der Waals surface area contributed by atoms with Gasteiger partial charge in [-0.3, -0.25) is 14.4 Å². The average molecular weight is 464 g/mol. The largest absolute Gasteiger partial charge is 0.322 e. The molecule has 4 aromatic carbocycles. The number of amides is 3. The summed E-state index contributed by atoms with van der Waals surface area (Å²) in [6.45, 7) is 3.85. The monoisotopic (exact) mass is 463 g/mol. The molecule has 0 bridgehead atoms. The van der Waals surface area contributed by atoms with Gasteiger partial charge in [0, 0.05) is 33.8 Å². The lowest BCUT2D eigenvalue weighted by Crippen LogP contribution is -2.15. The highest BCUT2D eigenvalue weighted by molar-refractivity contribution is 6.08. The van der Waals surface area contributed by atoms with E-state index in [1.165, 1.54) is 0 Å². The van der Waals surface area contributed by atoms with E-state index in [2.05, 4.69) is 16.0 Å². The van der Waals surface area contributed by atoms with Crippen LogP contribution in [0.15, 0.2) is 97.1 Å². The van der Waals surface area contributed by atoms with Gasteiger partial charge in [-0.25, -0.2) is 0 Å².